The summed E-state index contributed by atoms with van der Waals surface area (Å²) in [6.07, 6.45) is 1.66. The van der Waals surface area contributed by atoms with E-state index in [1.165, 1.54) is 0 Å². The van der Waals surface area contributed by atoms with Crippen molar-refractivity contribution in [3.05, 3.63) is 23.8 Å². The molecule has 1 atom stereocenters. The highest BCUT2D eigenvalue weighted by molar-refractivity contribution is 5.61. The molecule has 0 saturated heterocycles. The molecule has 1 aliphatic rings. The van der Waals surface area contributed by atoms with Crippen LogP contribution in [0.4, 0.5) is 5.69 Å². The molecule has 0 aromatic heterocycles. The summed E-state index contributed by atoms with van der Waals surface area (Å²) in [6, 6.07) is 7.69. The number of nitriles is 1. The first-order valence-electron chi connectivity index (χ1n) is 5.38. The van der Waals surface area contributed by atoms with E-state index in [0.717, 1.165) is 24.3 Å². The molecule has 1 unspecified atom stereocenters. The molecule has 2 N–H and O–H groups in total. The van der Waals surface area contributed by atoms with Gasteiger partial charge in [0, 0.05) is 12.7 Å². The first-order chi connectivity index (χ1) is 7.83. The van der Waals surface area contributed by atoms with Gasteiger partial charge in [-0.3, -0.25) is 0 Å². The van der Waals surface area contributed by atoms with E-state index in [2.05, 4.69) is 11.4 Å². The van der Waals surface area contributed by atoms with Gasteiger partial charge in [-0.25, -0.2) is 0 Å². The minimum absolute atomic E-state index is 0.207. The number of nitrogens with zero attached hydrogens (tertiary/aromatic N) is 1. The third-order valence-corrected chi connectivity index (χ3v) is 2.62. The van der Waals surface area contributed by atoms with Crippen LogP contribution < -0.4 is 10.1 Å². The summed E-state index contributed by atoms with van der Waals surface area (Å²) in [4.78, 5) is 0. The zero-order valence-electron chi connectivity index (χ0n) is 8.94. The van der Waals surface area contributed by atoms with Crippen LogP contribution in [0.2, 0.25) is 0 Å². The SMILES string of the molecule is N#Cc1ccc2c(c1)OCC(CCCO)N2. The minimum Gasteiger partial charge on any atom is -0.489 e. The van der Waals surface area contributed by atoms with E-state index < -0.39 is 0 Å². The molecule has 0 radical (unpaired) electrons. The molecule has 0 bridgehead atoms. The lowest BCUT2D eigenvalue weighted by molar-refractivity contribution is 0.249. The van der Waals surface area contributed by atoms with E-state index in [0.29, 0.717) is 12.2 Å². The molecule has 4 heteroatoms. The van der Waals surface area contributed by atoms with E-state index in [4.69, 9.17) is 15.1 Å². The van der Waals surface area contributed by atoms with Gasteiger partial charge in [0.1, 0.15) is 12.4 Å². The molecule has 4 nitrogen and oxygen atoms in total. The van der Waals surface area contributed by atoms with E-state index in [1.807, 2.05) is 6.07 Å². The number of fused-ring (bicyclic) bond motifs is 1. The molecule has 0 saturated carbocycles. The molecule has 0 fully saturated rings. The summed E-state index contributed by atoms with van der Waals surface area (Å²) < 4.78 is 5.58. The summed E-state index contributed by atoms with van der Waals surface area (Å²) in [7, 11) is 0. The quantitative estimate of drug-likeness (QED) is 0.807. The molecule has 1 heterocycles. The number of hydrogen-bond acceptors (Lipinski definition) is 4. The molecule has 0 aliphatic carbocycles. The van der Waals surface area contributed by atoms with Crippen molar-refractivity contribution in [2.24, 2.45) is 0 Å². The lowest BCUT2D eigenvalue weighted by Crippen LogP contribution is -2.31. The second-order valence-corrected chi connectivity index (χ2v) is 3.84. The maximum absolute atomic E-state index is 8.76. The minimum atomic E-state index is 0.207. The zero-order chi connectivity index (χ0) is 11.4. The fourth-order valence-corrected chi connectivity index (χ4v) is 1.78. The van der Waals surface area contributed by atoms with E-state index in [9.17, 15) is 0 Å². The van der Waals surface area contributed by atoms with Gasteiger partial charge in [-0.1, -0.05) is 0 Å². The van der Waals surface area contributed by atoms with Crippen LogP contribution in [0.25, 0.3) is 0 Å². The highest BCUT2D eigenvalue weighted by Gasteiger charge is 2.18. The molecule has 84 valence electrons. The van der Waals surface area contributed by atoms with Crippen molar-refractivity contribution < 1.29 is 9.84 Å². The highest BCUT2D eigenvalue weighted by Crippen LogP contribution is 2.30. The van der Waals surface area contributed by atoms with Crippen molar-refractivity contribution in [1.29, 1.82) is 5.26 Å². The average molecular weight is 218 g/mol. The third-order valence-electron chi connectivity index (χ3n) is 2.62. The summed E-state index contributed by atoms with van der Waals surface area (Å²) >= 11 is 0. The normalized spacial score (nSPS) is 17.9. The number of nitrogens with one attached hydrogen (secondary N) is 1. The van der Waals surface area contributed by atoms with Gasteiger partial charge in [0.05, 0.1) is 23.4 Å². The summed E-state index contributed by atoms with van der Waals surface area (Å²) in [5.41, 5.74) is 1.53. The summed E-state index contributed by atoms with van der Waals surface area (Å²) in [5.74, 6) is 0.735. The number of aliphatic hydroxyl groups is 1. The standard InChI is InChI=1S/C12H14N2O2/c13-7-9-3-4-11-12(6-9)16-8-10(14-11)2-1-5-15/h3-4,6,10,14-15H,1-2,5,8H2. The van der Waals surface area contributed by atoms with E-state index in [-0.39, 0.29) is 12.6 Å². The first-order valence-corrected chi connectivity index (χ1v) is 5.38. The van der Waals surface area contributed by atoms with Crippen molar-refractivity contribution in [3.8, 4) is 11.8 Å². The number of rotatable bonds is 3. The van der Waals surface area contributed by atoms with Crippen molar-refractivity contribution in [3.63, 3.8) is 0 Å². The summed E-state index contributed by atoms with van der Waals surface area (Å²) in [5, 5.41) is 20.8. The number of anilines is 1. The highest BCUT2D eigenvalue weighted by atomic mass is 16.5. The lowest BCUT2D eigenvalue weighted by atomic mass is 10.1. The zero-order valence-corrected chi connectivity index (χ0v) is 8.94. The maximum atomic E-state index is 8.76. The van der Waals surface area contributed by atoms with Crippen LogP contribution in [0, 0.1) is 11.3 Å². The van der Waals surface area contributed by atoms with Gasteiger partial charge >= 0.3 is 0 Å². The van der Waals surface area contributed by atoms with Crippen LogP contribution in [0.15, 0.2) is 18.2 Å². The van der Waals surface area contributed by atoms with Crippen LogP contribution in [0.3, 0.4) is 0 Å². The van der Waals surface area contributed by atoms with Gasteiger partial charge in [0.15, 0.2) is 0 Å². The molecule has 1 aromatic rings. The van der Waals surface area contributed by atoms with Crippen LogP contribution >= 0.6 is 0 Å². The Labute approximate surface area is 94.5 Å². The van der Waals surface area contributed by atoms with Crippen LogP contribution in [0.5, 0.6) is 5.75 Å². The Morgan fingerprint density at radius 1 is 1.56 bits per heavy atom. The second kappa shape index (κ2) is 4.86. The van der Waals surface area contributed by atoms with Crippen molar-refractivity contribution >= 4 is 5.69 Å². The average Bonchev–Trinajstić information content (AvgIpc) is 2.35. The van der Waals surface area contributed by atoms with Gasteiger partial charge in [0.2, 0.25) is 0 Å². The largest absolute Gasteiger partial charge is 0.489 e. The predicted molar refractivity (Wildman–Crippen MR) is 60.4 cm³/mol. The first kappa shape index (κ1) is 10.8. The number of benzene rings is 1. The second-order valence-electron chi connectivity index (χ2n) is 3.84. The van der Waals surface area contributed by atoms with Gasteiger partial charge in [0.25, 0.3) is 0 Å². The van der Waals surface area contributed by atoms with Crippen LogP contribution in [-0.2, 0) is 0 Å². The molecule has 1 aromatic carbocycles. The maximum Gasteiger partial charge on any atom is 0.143 e. The Balaban J connectivity index is 2.07. The molecule has 2 rings (SSSR count). The monoisotopic (exact) mass is 218 g/mol. The number of aliphatic hydroxyl groups excluding tert-OH is 1. The van der Waals surface area contributed by atoms with Gasteiger partial charge in [-0.2, -0.15) is 5.26 Å². The van der Waals surface area contributed by atoms with Crippen molar-refractivity contribution in [1.82, 2.24) is 0 Å². The Kier molecular flexibility index (Phi) is 3.28. The Morgan fingerprint density at radius 3 is 3.19 bits per heavy atom. The van der Waals surface area contributed by atoms with Crippen molar-refractivity contribution in [2.75, 3.05) is 18.5 Å². The molecular weight excluding hydrogens is 204 g/mol. The van der Waals surface area contributed by atoms with Gasteiger partial charge in [-0.15, -0.1) is 0 Å². The molecule has 16 heavy (non-hydrogen) atoms. The molecular formula is C12H14N2O2. The van der Waals surface area contributed by atoms with Gasteiger partial charge < -0.3 is 15.2 Å². The van der Waals surface area contributed by atoms with E-state index >= 15 is 0 Å². The lowest BCUT2D eigenvalue weighted by Gasteiger charge is -2.27. The molecule has 1 aliphatic heterocycles. The smallest absolute Gasteiger partial charge is 0.143 e. The third kappa shape index (κ3) is 2.26. The van der Waals surface area contributed by atoms with Crippen LogP contribution in [-0.4, -0.2) is 24.4 Å². The van der Waals surface area contributed by atoms with Crippen LogP contribution in [0.1, 0.15) is 18.4 Å². The van der Waals surface area contributed by atoms with Crippen molar-refractivity contribution in [2.45, 2.75) is 18.9 Å². The Hall–Kier alpha value is -1.73. The fourth-order valence-electron chi connectivity index (χ4n) is 1.78. The predicted octanol–water partition coefficient (Wildman–Crippen LogP) is 1.50. The topological polar surface area (TPSA) is 65.3 Å². The fraction of sp³-hybridized carbons (Fsp3) is 0.417. The molecule has 0 amide bonds. The van der Waals surface area contributed by atoms with Gasteiger partial charge in [-0.05, 0) is 25.0 Å². The Morgan fingerprint density at radius 2 is 2.44 bits per heavy atom. The molecule has 0 spiro atoms. The Bertz CT molecular complexity index is 412. The summed E-state index contributed by atoms with van der Waals surface area (Å²) in [6.45, 7) is 0.792. The van der Waals surface area contributed by atoms with E-state index in [1.54, 1.807) is 12.1 Å². The number of hydrogen-bond donors (Lipinski definition) is 2. The number of ether oxygens (including phenoxy) is 1.